The number of rotatable bonds is 2. The maximum Gasteiger partial charge on any atom is 0.251 e. The predicted molar refractivity (Wildman–Crippen MR) is 78.9 cm³/mol. The van der Waals surface area contributed by atoms with E-state index in [4.69, 9.17) is 4.74 Å². The van der Waals surface area contributed by atoms with Crippen molar-refractivity contribution >= 4 is 5.91 Å². The maximum atomic E-state index is 12.5. The summed E-state index contributed by atoms with van der Waals surface area (Å²) in [6, 6.07) is 6.35. The van der Waals surface area contributed by atoms with Crippen LogP contribution in [0.3, 0.4) is 0 Å². The molecule has 2 fully saturated rings. The van der Waals surface area contributed by atoms with Crippen molar-refractivity contribution in [3.8, 4) is 0 Å². The molecule has 3 nitrogen and oxygen atoms in total. The molecule has 1 spiro atoms. The Morgan fingerprint density at radius 2 is 2.00 bits per heavy atom. The second-order valence-corrected chi connectivity index (χ2v) is 6.36. The van der Waals surface area contributed by atoms with Gasteiger partial charge in [0.2, 0.25) is 0 Å². The van der Waals surface area contributed by atoms with Crippen LogP contribution in [-0.2, 0) is 4.74 Å². The van der Waals surface area contributed by atoms with Crippen LogP contribution in [0.15, 0.2) is 18.2 Å². The van der Waals surface area contributed by atoms with Gasteiger partial charge in [-0.2, -0.15) is 0 Å². The molecule has 3 rings (SSSR count). The molecule has 1 aliphatic heterocycles. The van der Waals surface area contributed by atoms with Crippen LogP contribution in [-0.4, -0.2) is 25.2 Å². The number of carbonyl (C=O) groups is 1. The Balaban J connectivity index is 1.70. The summed E-state index contributed by atoms with van der Waals surface area (Å²) in [6.45, 7) is 5.75. The zero-order valence-corrected chi connectivity index (χ0v) is 12.4. The molecule has 20 heavy (non-hydrogen) atoms. The van der Waals surface area contributed by atoms with E-state index in [9.17, 15) is 4.79 Å². The Kier molecular flexibility index (Phi) is 3.55. The second kappa shape index (κ2) is 5.21. The van der Waals surface area contributed by atoms with Gasteiger partial charge in [0.1, 0.15) is 0 Å². The molecule has 108 valence electrons. The lowest BCUT2D eigenvalue weighted by Gasteiger charge is -2.52. The minimum absolute atomic E-state index is 0.0815. The molecule has 1 saturated heterocycles. The van der Waals surface area contributed by atoms with E-state index in [-0.39, 0.29) is 5.91 Å². The van der Waals surface area contributed by atoms with Gasteiger partial charge in [0.15, 0.2) is 0 Å². The zero-order chi connectivity index (χ0) is 14.2. The number of hydrogen-bond donors (Lipinski definition) is 1. The van der Waals surface area contributed by atoms with Gasteiger partial charge in [-0.05, 0) is 56.6 Å². The van der Waals surface area contributed by atoms with E-state index in [0.29, 0.717) is 11.5 Å². The fraction of sp³-hybridized carbons (Fsp3) is 0.588. The quantitative estimate of drug-likeness (QED) is 0.899. The summed E-state index contributed by atoms with van der Waals surface area (Å²) in [5, 5.41) is 3.26. The Morgan fingerprint density at radius 1 is 1.25 bits per heavy atom. The monoisotopic (exact) mass is 273 g/mol. The molecule has 1 aliphatic carbocycles. The normalized spacial score (nSPS) is 24.2. The first-order chi connectivity index (χ1) is 9.61. The topological polar surface area (TPSA) is 38.3 Å². The predicted octanol–water partition coefficient (Wildman–Crippen LogP) is 2.99. The van der Waals surface area contributed by atoms with Crippen LogP contribution in [0.1, 0.15) is 47.2 Å². The Morgan fingerprint density at radius 3 is 2.60 bits per heavy atom. The smallest absolute Gasteiger partial charge is 0.251 e. The third-order valence-electron chi connectivity index (χ3n) is 5.09. The van der Waals surface area contributed by atoms with E-state index < -0.39 is 0 Å². The van der Waals surface area contributed by atoms with Crippen LogP contribution < -0.4 is 5.32 Å². The third kappa shape index (κ3) is 2.35. The SMILES string of the molecule is Cc1ccc(C(=O)NC2CCC23CCOCC3)c(C)c1. The summed E-state index contributed by atoms with van der Waals surface area (Å²) in [7, 11) is 0. The van der Waals surface area contributed by atoms with Crippen molar-refractivity contribution in [3.05, 3.63) is 34.9 Å². The van der Waals surface area contributed by atoms with Crippen molar-refractivity contribution in [1.82, 2.24) is 5.32 Å². The molecule has 1 atom stereocenters. The zero-order valence-electron chi connectivity index (χ0n) is 12.4. The number of nitrogens with one attached hydrogen (secondary N) is 1. The number of carbonyl (C=O) groups excluding carboxylic acids is 1. The van der Waals surface area contributed by atoms with Crippen LogP contribution in [0.25, 0.3) is 0 Å². The molecular weight excluding hydrogens is 250 g/mol. The molecule has 1 saturated carbocycles. The molecule has 1 aromatic rings. The lowest BCUT2D eigenvalue weighted by Crippen LogP contribution is -2.57. The van der Waals surface area contributed by atoms with Gasteiger partial charge in [-0.15, -0.1) is 0 Å². The van der Waals surface area contributed by atoms with Crippen LogP contribution in [0.4, 0.5) is 0 Å². The summed E-state index contributed by atoms with van der Waals surface area (Å²) < 4.78 is 5.46. The lowest BCUT2D eigenvalue weighted by atomic mass is 9.60. The first-order valence-corrected chi connectivity index (χ1v) is 7.57. The van der Waals surface area contributed by atoms with Crippen LogP contribution in [0.2, 0.25) is 0 Å². The molecule has 0 radical (unpaired) electrons. The molecule has 0 bridgehead atoms. The van der Waals surface area contributed by atoms with Gasteiger partial charge in [-0.1, -0.05) is 17.7 Å². The van der Waals surface area contributed by atoms with Gasteiger partial charge in [-0.3, -0.25) is 4.79 Å². The van der Waals surface area contributed by atoms with Gasteiger partial charge in [-0.25, -0.2) is 0 Å². The van der Waals surface area contributed by atoms with Crippen molar-refractivity contribution in [2.45, 2.75) is 45.6 Å². The molecule has 1 heterocycles. The highest BCUT2D eigenvalue weighted by molar-refractivity contribution is 5.96. The number of hydrogen-bond acceptors (Lipinski definition) is 2. The number of benzene rings is 1. The van der Waals surface area contributed by atoms with Crippen molar-refractivity contribution < 1.29 is 9.53 Å². The minimum Gasteiger partial charge on any atom is -0.381 e. The first kappa shape index (κ1) is 13.6. The molecule has 1 unspecified atom stereocenters. The highest BCUT2D eigenvalue weighted by atomic mass is 16.5. The van der Waals surface area contributed by atoms with E-state index in [1.807, 2.05) is 19.1 Å². The lowest BCUT2D eigenvalue weighted by molar-refractivity contribution is -0.0523. The average Bonchev–Trinajstić information content (AvgIpc) is 2.44. The van der Waals surface area contributed by atoms with Gasteiger partial charge < -0.3 is 10.1 Å². The second-order valence-electron chi connectivity index (χ2n) is 6.36. The summed E-state index contributed by atoms with van der Waals surface area (Å²) in [6.07, 6.45) is 4.51. The third-order valence-corrected chi connectivity index (χ3v) is 5.09. The van der Waals surface area contributed by atoms with Crippen LogP contribution in [0, 0.1) is 19.3 Å². The maximum absolute atomic E-state index is 12.5. The number of ether oxygens (including phenoxy) is 1. The highest BCUT2D eigenvalue weighted by Crippen LogP contribution is 2.48. The summed E-state index contributed by atoms with van der Waals surface area (Å²) in [4.78, 5) is 12.5. The highest BCUT2D eigenvalue weighted by Gasteiger charge is 2.48. The Bertz CT molecular complexity index is 518. The van der Waals surface area contributed by atoms with E-state index in [1.54, 1.807) is 0 Å². The van der Waals surface area contributed by atoms with E-state index >= 15 is 0 Å². The van der Waals surface area contributed by atoms with E-state index in [2.05, 4.69) is 18.3 Å². The molecule has 1 aromatic carbocycles. The molecular formula is C17H23NO2. The summed E-state index contributed by atoms with van der Waals surface area (Å²) in [5.41, 5.74) is 3.38. The molecule has 2 aliphatic rings. The fourth-order valence-corrected chi connectivity index (χ4v) is 3.60. The average molecular weight is 273 g/mol. The number of aryl methyl sites for hydroxylation is 2. The minimum atomic E-state index is 0.0815. The van der Waals surface area contributed by atoms with Gasteiger partial charge >= 0.3 is 0 Å². The van der Waals surface area contributed by atoms with Crippen molar-refractivity contribution in [2.24, 2.45) is 5.41 Å². The Labute approximate surface area is 120 Å². The standard InChI is InChI=1S/C17H23NO2/c1-12-3-4-14(13(2)11-12)16(19)18-15-5-6-17(15)7-9-20-10-8-17/h3-4,11,15H,5-10H2,1-2H3,(H,18,19). The van der Waals surface area contributed by atoms with E-state index in [0.717, 1.165) is 43.6 Å². The van der Waals surface area contributed by atoms with Crippen LogP contribution >= 0.6 is 0 Å². The molecule has 0 aromatic heterocycles. The molecule has 1 N–H and O–H groups in total. The molecule has 1 amide bonds. The van der Waals surface area contributed by atoms with Crippen LogP contribution in [0.5, 0.6) is 0 Å². The van der Waals surface area contributed by atoms with Crippen molar-refractivity contribution in [1.29, 1.82) is 0 Å². The molecule has 3 heteroatoms. The van der Waals surface area contributed by atoms with Gasteiger partial charge in [0.25, 0.3) is 5.91 Å². The van der Waals surface area contributed by atoms with Gasteiger partial charge in [0, 0.05) is 24.8 Å². The summed E-state index contributed by atoms with van der Waals surface area (Å²) in [5.74, 6) is 0.0815. The van der Waals surface area contributed by atoms with E-state index in [1.165, 1.54) is 12.0 Å². The largest absolute Gasteiger partial charge is 0.381 e. The van der Waals surface area contributed by atoms with Crippen molar-refractivity contribution in [3.63, 3.8) is 0 Å². The van der Waals surface area contributed by atoms with Gasteiger partial charge in [0.05, 0.1) is 0 Å². The number of amides is 1. The first-order valence-electron chi connectivity index (χ1n) is 7.57. The Hall–Kier alpha value is -1.35. The fourth-order valence-electron chi connectivity index (χ4n) is 3.60. The summed E-state index contributed by atoms with van der Waals surface area (Å²) >= 11 is 0. The van der Waals surface area contributed by atoms with Crippen molar-refractivity contribution in [2.75, 3.05) is 13.2 Å².